The Bertz CT molecular complexity index is 1400. The summed E-state index contributed by atoms with van der Waals surface area (Å²) in [5.74, 6) is 1.33. The summed E-state index contributed by atoms with van der Waals surface area (Å²) in [6.07, 6.45) is 31.0. The molecule has 0 radical (unpaired) electrons. The Kier molecular flexibility index (Phi) is 22.4. The third-order valence-corrected chi connectivity index (χ3v) is 10.8. The topological polar surface area (TPSA) is 74.4 Å². The van der Waals surface area contributed by atoms with E-state index in [1.165, 1.54) is 128 Å². The van der Waals surface area contributed by atoms with Crippen LogP contribution in [0.25, 0.3) is 0 Å². The summed E-state index contributed by atoms with van der Waals surface area (Å²) >= 11 is 0. The van der Waals surface area contributed by atoms with Gasteiger partial charge in [0.2, 0.25) is 0 Å². The lowest BCUT2D eigenvalue weighted by molar-refractivity contribution is 0.302. The van der Waals surface area contributed by atoms with Crippen LogP contribution < -0.4 is 4.74 Å². The van der Waals surface area contributed by atoms with Crippen LogP contribution in [-0.4, -0.2) is 42.3 Å². The van der Waals surface area contributed by atoms with Gasteiger partial charge in [-0.2, -0.15) is 0 Å². The van der Waals surface area contributed by atoms with E-state index in [1.807, 2.05) is 18.2 Å². The normalized spacial score (nSPS) is 12.8. The summed E-state index contributed by atoms with van der Waals surface area (Å²) in [7, 11) is 0. The van der Waals surface area contributed by atoms with E-state index in [9.17, 15) is 10.2 Å². The molecular weight excluding hydrogens is 677 g/mol. The van der Waals surface area contributed by atoms with Crippen molar-refractivity contribution in [2.24, 2.45) is 9.98 Å². The zero-order chi connectivity index (χ0) is 40.7. The first-order valence-electron chi connectivity index (χ1n) is 22.4. The van der Waals surface area contributed by atoms with Crippen molar-refractivity contribution in [1.29, 1.82) is 0 Å². The second-order valence-corrected chi connectivity index (χ2v) is 19.3. The van der Waals surface area contributed by atoms with Gasteiger partial charge >= 0.3 is 0 Å². The summed E-state index contributed by atoms with van der Waals surface area (Å²) in [5.41, 5.74) is 3.90. The smallest absolute Gasteiger partial charge is 0.128 e. The third kappa shape index (κ3) is 19.7. The number of ether oxygens (including phenoxy) is 1. The van der Waals surface area contributed by atoms with E-state index >= 15 is 0 Å². The Morgan fingerprint density at radius 3 is 1.22 bits per heavy atom. The van der Waals surface area contributed by atoms with Gasteiger partial charge in [0.25, 0.3) is 0 Å². The largest absolute Gasteiger partial charge is 0.507 e. The van der Waals surface area contributed by atoms with Crippen LogP contribution in [0.1, 0.15) is 225 Å². The van der Waals surface area contributed by atoms with Crippen molar-refractivity contribution in [3.63, 3.8) is 0 Å². The van der Waals surface area contributed by atoms with Crippen molar-refractivity contribution in [3.8, 4) is 17.2 Å². The first-order valence-corrected chi connectivity index (χ1v) is 22.4. The standard InChI is InChI=1S/C50H84N2O3/c1-11-12-13-14-15-16-17-18-19-20-21-22-23-24-25-26-27-28-29-30-33-55-43-35-41(47(54)45(37-43)50(8,9)10)39-52-32-31-51-38-40-34-42(48(2,3)4)36-44(46(40)53)49(5,6)7/h34-39,53-54H,11-33H2,1-10H3. The molecule has 2 rings (SSSR count). The number of aromatic hydroxyl groups is 2. The molecule has 0 saturated heterocycles. The first kappa shape index (κ1) is 48.3. The molecule has 0 aliphatic carbocycles. The summed E-state index contributed by atoms with van der Waals surface area (Å²) in [6.45, 7) is 23.2. The van der Waals surface area contributed by atoms with E-state index in [0.29, 0.717) is 31.0 Å². The van der Waals surface area contributed by atoms with Crippen molar-refractivity contribution >= 4 is 12.4 Å². The second-order valence-electron chi connectivity index (χ2n) is 19.3. The summed E-state index contributed by atoms with van der Waals surface area (Å²) < 4.78 is 6.23. The van der Waals surface area contributed by atoms with Crippen LogP contribution >= 0.6 is 0 Å². The number of unbranched alkanes of at least 4 members (excludes halogenated alkanes) is 19. The fourth-order valence-corrected chi connectivity index (χ4v) is 7.13. The molecule has 2 aromatic rings. The Morgan fingerprint density at radius 1 is 0.473 bits per heavy atom. The molecule has 0 aliphatic heterocycles. The summed E-state index contributed by atoms with van der Waals surface area (Å²) in [6, 6.07) is 8.04. The lowest BCUT2D eigenvalue weighted by Gasteiger charge is -2.26. The highest BCUT2D eigenvalue weighted by Gasteiger charge is 2.25. The molecule has 0 saturated carbocycles. The number of phenols is 2. The number of hydrogen-bond acceptors (Lipinski definition) is 5. The lowest BCUT2D eigenvalue weighted by atomic mass is 9.79. The van der Waals surface area contributed by atoms with Crippen LogP contribution in [-0.2, 0) is 16.2 Å². The van der Waals surface area contributed by atoms with E-state index in [2.05, 4.69) is 85.3 Å². The molecule has 2 aromatic carbocycles. The van der Waals surface area contributed by atoms with Crippen molar-refractivity contribution in [2.45, 2.75) is 214 Å². The highest BCUT2D eigenvalue weighted by Crippen LogP contribution is 2.38. The molecule has 0 aliphatic rings. The minimum atomic E-state index is -0.237. The first-order chi connectivity index (χ1) is 26.1. The Morgan fingerprint density at radius 2 is 0.836 bits per heavy atom. The van der Waals surface area contributed by atoms with Crippen LogP contribution in [0, 0.1) is 0 Å². The molecule has 0 spiro atoms. The predicted molar refractivity (Wildman–Crippen MR) is 241 cm³/mol. The predicted octanol–water partition coefficient (Wildman–Crippen LogP) is 14.7. The zero-order valence-electron chi connectivity index (χ0n) is 37.4. The van der Waals surface area contributed by atoms with Gasteiger partial charge in [-0.1, -0.05) is 197 Å². The minimum absolute atomic E-state index is 0.0439. The molecule has 0 amide bonds. The molecule has 5 nitrogen and oxygen atoms in total. The van der Waals surface area contributed by atoms with Gasteiger partial charge in [0.1, 0.15) is 17.2 Å². The van der Waals surface area contributed by atoms with Crippen LogP contribution in [0.4, 0.5) is 0 Å². The van der Waals surface area contributed by atoms with Gasteiger partial charge in [-0.15, -0.1) is 0 Å². The van der Waals surface area contributed by atoms with Crippen molar-refractivity contribution < 1.29 is 14.9 Å². The van der Waals surface area contributed by atoms with Crippen LogP contribution in [0.3, 0.4) is 0 Å². The Hall–Kier alpha value is -2.82. The van der Waals surface area contributed by atoms with Crippen LogP contribution in [0.2, 0.25) is 0 Å². The Labute approximate surface area is 339 Å². The highest BCUT2D eigenvalue weighted by atomic mass is 16.5. The number of nitrogens with zero attached hydrogens (tertiary/aromatic N) is 2. The maximum absolute atomic E-state index is 11.2. The average Bonchev–Trinajstić information content (AvgIpc) is 3.10. The number of benzene rings is 2. The fourth-order valence-electron chi connectivity index (χ4n) is 7.13. The summed E-state index contributed by atoms with van der Waals surface area (Å²) in [4.78, 5) is 9.21. The number of hydrogen-bond donors (Lipinski definition) is 2. The van der Waals surface area contributed by atoms with Gasteiger partial charge in [0, 0.05) is 34.7 Å². The van der Waals surface area contributed by atoms with Crippen LogP contribution in [0.15, 0.2) is 34.3 Å². The summed E-state index contributed by atoms with van der Waals surface area (Å²) in [5, 5.41) is 22.2. The van der Waals surface area contributed by atoms with Gasteiger partial charge in [0.15, 0.2) is 0 Å². The fraction of sp³-hybridized carbons (Fsp3) is 0.720. The number of phenolic OH excluding ortho intramolecular Hbond substituents is 2. The molecule has 0 heterocycles. The molecule has 5 heteroatoms. The van der Waals surface area contributed by atoms with Gasteiger partial charge in [0.05, 0.1) is 19.7 Å². The van der Waals surface area contributed by atoms with Crippen molar-refractivity contribution in [2.75, 3.05) is 19.7 Å². The molecule has 55 heavy (non-hydrogen) atoms. The average molecular weight is 761 g/mol. The molecule has 0 unspecified atom stereocenters. The second kappa shape index (κ2) is 25.4. The van der Waals surface area contributed by atoms with Gasteiger partial charge in [-0.05, 0) is 46.4 Å². The molecule has 0 aromatic heterocycles. The Balaban J connectivity index is 1.72. The molecule has 0 fully saturated rings. The third-order valence-electron chi connectivity index (χ3n) is 10.8. The van der Waals surface area contributed by atoms with E-state index in [1.54, 1.807) is 12.4 Å². The quantitative estimate of drug-likeness (QED) is 0.0703. The van der Waals surface area contributed by atoms with E-state index in [-0.39, 0.29) is 22.0 Å². The molecule has 0 bridgehead atoms. The zero-order valence-corrected chi connectivity index (χ0v) is 37.4. The van der Waals surface area contributed by atoms with Crippen molar-refractivity contribution in [3.05, 3.63) is 52.1 Å². The van der Waals surface area contributed by atoms with Crippen molar-refractivity contribution in [1.82, 2.24) is 0 Å². The minimum Gasteiger partial charge on any atom is -0.507 e. The van der Waals surface area contributed by atoms with E-state index in [4.69, 9.17) is 4.74 Å². The maximum atomic E-state index is 11.2. The highest BCUT2D eigenvalue weighted by molar-refractivity contribution is 5.86. The molecular formula is C50H84N2O3. The lowest BCUT2D eigenvalue weighted by Crippen LogP contribution is -2.17. The van der Waals surface area contributed by atoms with Gasteiger partial charge in [-0.3, -0.25) is 9.98 Å². The van der Waals surface area contributed by atoms with E-state index < -0.39 is 0 Å². The van der Waals surface area contributed by atoms with Crippen LogP contribution in [0.5, 0.6) is 17.2 Å². The van der Waals surface area contributed by atoms with Gasteiger partial charge < -0.3 is 14.9 Å². The maximum Gasteiger partial charge on any atom is 0.128 e. The number of aliphatic imine (C=N–C) groups is 2. The number of rotatable bonds is 27. The SMILES string of the molecule is CCCCCCCCCCCCCCCCCCCCCCOc1cc(C=NCCN=Cc2cc(C(C)(C)C)cc(C(C)(C)C)c2O)c(O)c(C(C)(C)C)c1. The molecule has 312 valence electrons. The molecule has 0 atom stereocenters. The van der Waals surface area contributed by atoms with E-state index in [0.717, 1.165) is 28.9 Å². The monoisotopic (exact) mass is 761 g/mol. The molecule has 2 N–H and O–H groups in total. The van der Waals surface area contributed by atoms with Gasteiger partial charge in [-0.25, -0.2) is 0 Å².